The summed E-state index contributed by atoms with van der Waals surface area (Å²) < 4.78 is 9.64. The van der Waals surface area contributed by atoms with Crippen molar-refractivity contribution in [2.45, 2.75) is 37.4 Å². The maximum absolute atomic E-state index is 11.4. The van der Waals surface area contributed by atoms with E-state index in [1.165, 1.54) is 6.92 Å². The summed E-state index contributed by atoms with van der Waals surface area (Å²) in [5.74, 6) is -1.75. The number of nitrogens with one attached hydrogen (secondary N) is 1. The maximum Gasteiger partial charge on any atom is 0.373 e. The lowest BCUT2D eigenvalue weighted by Crippen LogP contribution is -2.59. The fourth-order valence-corrected chi connectivity index (χ4v) is 1.94. The minimum atomic E-state index is -1.64. The van der Waals surface area contributed by atoms with E-state index in [4.69, 9.17) is 9.84 Å². The van der Waals surface area contributed by atoms with Gasteiger partial charge in [0.2, 0.25) is 11.7 Å². The van der Waals surface area contributed by atoms with Gasteiger partial charge in [0.05, 0.1) is 19.8 Å². The number of rotatable bonds is 5. The monoisotopic (exact) mass is 305 g/mol. The van der Waals surface area contributed by atoms with Crippen molar-refractivity contribution in [1.29, 1.82) is 0 Å². The molecule has 1 amide bonds. The number of hydrogen-bond acceptors (Lipinski definition) is 8. The summed E-state index contributed by atoms with van der Waals surface area (Å²) in [6.07, 6.45) is -4.88. The van der Waals surface area contributed by atoms with Crippen molar-refractivity contribution in [1.82, 2.24) is 5.32 Å². The molecule has 5 atom stereocenters. The van der Waals surface area contributed by atoms with Crippen molar-refractivity contribution >= 4 is 11.9 Å². The third-order valence-corrected chi connectivity index (χ3v) is 2.98. The first-order valence-corrected chi connectivity index (χ1v) is 6.20. The van der Waals surface area contributed by atoms with Gasteiger partial charge < -0.3 is 35.2 Å². The molecule has 1 aliphatic heterocycles. The van der Waals surface area contributed by atoms with E-state index >= 15 is 0 Å². The summed E-state index contributed by atoms with van der Waals surface area (Å²) in [5.41, 5.74) is 0. The van der Waals surface area contributed by atoms with Gasteiger partial charge in [-0.3, -0.25) is 4.79 Å². The Hall–Kier alpha value is -1.68. The summed E-state index contributed by atoms with van der Waals surface area (Å²) in [7, 11) is 1.10. The van der Waals surface area contributed by atoms with Crippen LogP contribution >= 0.6 is 0 Å². The highest BCUT2D eigenvalue weighted by molar-refractivity contribution is 5.86. The van der Waals surface area contributed by atoms with Crippen LogP contribution < -0.4 is 5.32 Å². The SMILES string of the molecule is COC(=O)C1=C[C@H](O)[C@@H](NC(C)=O)[C@H]([C@@H](O)[C@@H](O)CO)O1. The molecule has 5 N–H and O–H groups in total. The van der Waals surface area contributed by atoms with E-state index in [0.29, 0.717) is 0 Å². The van der Waals surface area contributed by atoms with Gasteiger partial charge in [-0.2, -0.15) is 0 Å². The Kier molecular flexibility index (Phi) is 6.09. The first-order chi connectivity index (χ1) is 9.81. The predicted molar refractivity (Wildman–Crippen MR) is 67.7 cm³/mol. The fraction of sp³-hybridized carbons (Fsp3) is 0.667. The highest BCUT2D eigenvalue weighted by Crippen LogP contribution is 2.23. The second-order valence-electron chi connectivity index (χ2n) is 4.56. The molecule has 0 bridgehead atoms. The quantitative estimate of drug-likeness (QED) is 0.338. The number of methoxy groups -OCH3 is 1. The summed E-state index contributed by atoms with van der Waals surface area (Å²) >= 11 is 0. The molecule has 0 saturated carbocycles. The topological polar surface area (TPSA) is 146 Å². The summed E-state index contributed by atoms with van der Waals surface area (Å²) in [6, 6.07) is -1.10. The molecule has 21 heavy (non-hydrogen) atoms. The average Bonchev–Trinajstić information content (AvgIpc) is 2.46. The van der Waals surface area contributed by atoms with Crippen molar-refractivity contribution in [3.05, 3.63) is 11.8 Å². The molecule has 0 aliphatic carbocycles. The lowest BCUT2D eigenvalue weighted by atomic mass is 9.94. The van der Waals surface area contributed by atoms with Crippen molar-refractivity contribution in [3.63, 3.8) is 0 Å². The number of esters is 1. The number of ether oxygens (including phenoxy) is 2. The molecular weight excluding hydrogens is 286 g/mol. The Morgan fingerprint density at radius 2 is 2.10 bits per heavy atom. The highest BCUT2D eigenvalue weighted by atomic mass is 16.6. The minimum Gasteiger partial charge on any atom is -0.478 e. The first-order valence-electron chi connectivity index (χ1n) is 6.20. The molecular formula is C12H19NO8. The largest absolute Gasteiger partial charge is 0.478 e. The number of carbonyl (C=O) groups is 2. The highest BCUT2D eigenvalue weighted by Gasteiger charge is 2.43. The van der Waals surface area contributed by atoms with E-state index in [0.717, 1.165) is 13.2 Å². The van der Waals surface area contributed by atoms with Crippen LogP contribution in [0.4, 0.5) is 0 Å². The van der Waals surface area contributed by atoms with Gasteiger partial charge in [-0.25, -0.2) is 4.79 Å². The molecule has 1 aliphatic rings. The van der Waals surface area contributed by atoms with Gasteiger partial charge in [-0.15, -0.1) is 0 Å². The van der Waals surface area contributed by atoms with E-state index in [9.17, 15) is 24.9 Å². The van der Waals surface area contributed by atoms with Gasteiger partial charge in [0, 0.05) is 6.92 Å². The van der Waals surface area contributed by atoms with Crippen LogP contribution in [0.15, 0.2) is 11.8 Å². The summed E-state index contributed by atoms with van der Waals surface area (Å²) in [6.45, 7) is 0.430. The molecule has 0 spiro atoms. The van der Waals surface area contributed by atoms with Crippen LogP contribution in [0.25, 0.3) is 0 Å². The minimum absolute atomic E-state index is 0.360. The molecule has 0 radical (unpaired) electrons. The van der Waals surface area contributed by atoms with Gasteiger partial charge in [-0.1, -0.05) is 0 Å². The van der Waals surface area contributed by atoms with Gasteiger partial charge in [0.25, 0.3) is 0 Å². The Morgan fingerprint density at radius 1 is 1.48 bits per heavy atom. The van der Waals surface area contributed by atoms with E-state index in [2.05, 4.69) is 10.1 Å². The second-order valence-corrected chi connectivity index (χ2v) is 4.56. The van der Waals surface area contributed by atoms with Crippen molar-refractivity contribution < 1.29 is 39.5 Å². The van der Waals surface area contributed by atoms with Crippen molar-refractivity contribution in [2.24, 2.45) is 0 Å². The van der Waals surface area contributed by atoms with Crippen LogP contribution in [0.3, 0.4) is 0 Å². The third-order valence-electron chi connectivity index (χ3n) is 2.98. The third kappa shape index (κ3) is 4.14. The van der Waals surface area contributed by atoms with Gasteiger partial charge >= 0.3 is 5.97 Å². The van der Waals surface area contributed by atoms with Crippen LogP contribution in [-0.2, 0) is 19.1 Å². The lowest BCUT2D eigenvalue weighted by molar-refractivity contribution is -0.152. The lowest BCUT2D eigenvalue weighted by Gasteiger charge is -2.38. The molecule has 0 saturated heterocycles. The Morgan fingerprint density at radius 3 is 2.57 bits per heavy atom. The maximum atomic E-state index is 11.4. The molecule has 9 nitrogen and oxygen atoms in total. The fourth-order valence-electron chi connectivity index (χ4n) is 1.94. The number of hydrogen-bond donors (Lipinski definition) is 5. The number of amides is 1. The van der Waals surface area contributed by atoms with Crippen LogP contribution in [-0.4, -0.2) is 76.5 Å². The normalized spacial score (nSPS) is 27.9. The number of aliphatic hydroxyl groups is 4. The van der Waals surface area contributed by atoms with E-state index in [-0.39, 0.29) is 5.76 Å². The Balaban J connectivity index is 3.05. The average molecular weight is 305 g/mol. The van der Waals surface area contributed by atoms with Crippen LogP contribution in [0.1, 0.15) is 6.92 Å². The Bertz CT molecular complexity index is 423. The van der Waals surface area contributed by atoms with Crippen LogP contribution in [0, 0.1) is 0 Å². The number of carbonyl (C=O) groups excluding carboxylic acids is 2. The summed E-state index contributed by atoms with van der Waals surface area (Å²) in [4.78, 5) is 22.6. The van der Waals surface area contributed by atoms with E-state index in [1.807, 2.05) is 0 Å². The molecule has 0 aromatic rings. The first kappa shape index (κ1) is 17.4. The predicted octanol–water partition coefficient (Wildman–Crippen LogP) is -2.98. The van der Waals surface area contributed by atoms with Gasteiger partial charge in [0.1, 0.15) is 18.3 Å². The molecule has 0 fully saturated rings. The van der Waals surface area contributed by atoms with E-state index in [1.54, 1.807) is 0 Å². The summed E-state index contributed by atoms with van der Waals surface area (Å²) in [5, 5.41) is 40.6. The molecule has 0 aromatic heterocycles. The van der Waals surface area contributed by atoms with Crippen LogP contribution in [0.2, 0.25) is 0 Å². The zero-order valence-electron chi connectivity index (χ0n) is 11.6. The van der Waals surface area contributed by atoms with Gasteiger partial charge in [0.15, 0.2) is 6.10 Å². The smallest absolute Gasteiger partial charge is 0.373 e. The second kappa shape index (κ2) is 7.36. The Labute approximate surface area is 120 Å². The van der Waals surface area contributed by atoms with Crippen molar-refractivity contribution in [2.75, 3.05) is 13.7 Å². The standard InChI is InChI=1S/C12H19NO8/c1-5(15)13-9-6(16)3-8(12(19)20-2)21-11(9)10(18)7(17)4-14/h3,6-7,9-11,14,16-18H,4H2,1-2H3,(H,13,15)/t6-,7-,9+,10-,11+/m0/s1. The molecule has 1 heterocycles. The van der Waals surface area contributed by atoms with Crippen LogP contribution in [0.5, 0.6) is 0 Å². The molecule has 120 valence electrons. The molecule has 9 heteroatoms. The molecule has 1 rings (SSSR count). The zero-order valence-corrected chi connectivity index (χ0v) is 11.6. The van der Waals surface area contributed by atoms with Crippen molar-refractivity contribution in [3.8, 4) is 0 Å². The number of aliphatic hydroxyl groups excluding tert-OH is 4. The zero-order chi connectivity index (χ0) is 16.2. The van der Waals surface area contributed by atoms with E-state index < -0.39 is 48.9 Å². The molecule has 0 aromatic carbocycles. The van der Waals surface area contributed by atoms with Gasteiger partial charge in [-0.05, 0) is 6.08 Å². The molecule has 0 unspecified atom stereocenters.